The van der Waals surface area contributed by atoms with Gasteiger partial charge < -0.3 is 19.9 Å². The number of benzene rings is 1. The van der Waals surface area contributed by atoms with Crippen LogP contribution < -0.4 is 20.2 Å². The lowest BCUT2D eigenvalue weighted by molar-refractivity contribution is -0.140. The number of rotatable bonds is 6. The Hall–Kier alpha value is -4.46. The minimum Gasteiger partial charge on any atom is -0.496 e. The zero-order chi connectivity index (χ0) is 37.4. The topological polar surface area (TPSA) is 173 Å². The van der Waals surface area contributed by atoms with Crippen LogP contribution in [0.1, 0.15) is 88.8 Å². The maximum absolute atomic E-state index is 13.1. The highest BCUT2D eigenvalue weighted by Gasteiger charge is 2.62. The second kappa shape index (κ2) is 14.9. The van der Waals surface area contributed by atoms with Crippen LogP contribution in [0.2, 0.25) is 0 Å². The van der Waals surface area contributed by atoms with Gasteiger partial charge in [-0.1, -0.05) is 32.4 Å². The number of hydrogen-bond acceptors (Lipinski definition) is 8. The van der Waals surface area contributed by atoms with E-state index in [1.165, 1.54) is 0 Å². The fourth-order valence-electron chi connectivity index (χ4n) is 7.36. The van der Waals surface area contributed by atoms with Gasteiger partial charge in [-0.15, -0.1) is 0 Å². The number of pyridine rings is 1. The molecule has 2 unspecified atom stereocenters. The molecule has 4 aliphatic rings. The molecule has 2 aromatic heterocycles. The molecule has 3 aromatic rings. The summed E-state index contributed by atoms with van der Waals surface area (Å²) in [7, 11) is -0.288. The van der Waals surface area contributed by atoms with E-state index in [2.05, 4.69) is 34.0 Å². The summed E-state index contributed by atoms with van der Waals surface area (Å²) in [6.45, 7) is 6.78. The molecule has 52 heavy (non-hydrogen) atoms. The third kappa shape index (κ3) is 7.67. The Morgan fingerprint density at radius 1 is 1.06 bits per heavy atom. The lowest BCUT2D eigenvalue weighted by Crippen LogP contribution is -2.54. The van der Waals surface area contributed by atoms with E-state index < -0.39 is 32.6 Å². The van der Waals surface area contributed by atoms with Crippen LogP contribution in [0.4, 0.5) is 0 Å². The predicted octanol–water partition coefficient (Wildman–Crippen LogP) is 4.24. The minimum atomic E-state index is -3.69. The number of sulfonamides is 1. The number of ether oxygens (including phenoxy) is 1. The van der Waals surface area contributed by atoms with Crippen molar-refractivity contribution in [2.45, 2.75) is 95.3 Å². The summed E-state index contributed by atoms with van der Waals surface area (Å²) in [6, 6.07) is 7.14. The molecule has 0 bridgehead atoms. The van der Waals surface area contributed by atoms with Crippen molar-refractivity contribution in [2.75, 3.05) is 20.7 Å². The number of aromatic nitrogens is 3. The molecule has 3 N–H and O–H groups in total. The number of aryl methyl sites for hydroxylation is 1. The maximum Gasteiger partial charge on any atom is 0.259 e. The molecule has 0 saturated heterocycles. The Bertz CT molecular complexity index is 2050. The number of carbonyl (C=O) groups is 3. The smallest absolute Gasteiger partial charge is 0.259 e. The number of fused-ring (bicyclic) bond motifs is 3. The summed E-state index contributed by atoms with van der Waals surface area (Å²) in [4.78, 5) is 56.4. The molecule has 3 fully saturated rings. The first-order chi connectivity index (χ1) is 24.8. The van der Waals surface area contributed by atoms with Crippen molar-refractivity contribution in [1.82, 2.24) is 29.7 Å². The van der Waals surface area contributed by atoms with E-state index >= 15 is 0 Å². The Balaban J connectivity index is 0.000000187. The number of nitrogens with zero attached hydrogens (tertiary/aromatic N) is 3. The molecule has 4 atom stereocenters. The first kappa shape index (κ1) is 37.3. The largest absolute Gasteiger partial charge is 0.496 e. The highest BCUT2D eigenvalue weighted by atomic mass is 32.2. The zero-order valence-electron chi connectivity index (χ0n) is 30.6. The lowest BCUT2D eigenvalue weighted by Gasteiger charge is -2.27. The van der Waals surface area contributed by atoms with Gasteiger partial charge in [-0.3, -0.25) is 23.9 Å². The Kier molecular flexibility index (Phi) is 10.7. The molecule has 7 rings (SSSR count). The third-order valence-corrected chi connectivity index (χ3v) is 12.7. The molecule has 0 radical (unpaired) electrons. The normalized spacial score (nSPS) is 25.7. The lowest BCUT2D eigenvalue weighted by atomic mass is 9.93. The van der Waals surface area contributed by atoms with E-state index in [9.17, 15) is 27.6 Å². The van der Waals surface area contributed by atoms with Crippen molar-refractivity contribution >= 4 is 38.6 Å². The number of aromatic amines is 1. The molecule has 0 spiro atoms. The SMILES string of the molecule is CN1CCCC/C=C\C2C[C@@]2(C(=O)NS(=O)(=O)C2CC2)NC(=O)[C@@H]2CCCC2C1=O.COc1ccc2c(=O)cc(-n3ccc(C(C)C)n3)[nH]c2c1C. The molecule has 1 aromatic carbocycles. The van der Waals surface area contributed by atoms with Crippen LogP contribution in [0.25, 0.3) is 16.7 Å². The van der Waals surface area contributed by atoms with E-state index in [0.717, 1.165) is 48.2 Å². The Labute approximate surface area is 304 Å². The van der Waals surface area contributed by atoms with E-state index in [0.29, 0.717) is 55.8 Å². The molecule has 3 heterocycles. The molecular formula is C38H50N6O7S. The summed E-state index contributed by atoms with van der Waals surface area (Å²) < 4.78 is 33.8. The highest BCUT2D eigenvalue weighted by Crippen LogP contribution is 2.46. The van der Waals surface area contributed by atoms with Gasteiger partial charge in [0.15, 0.2) is 5.43 Å². The second-order valence-corrected chi connectivity index (χ2v) is 16.9. The van der Waals surface area contributed by atoms with Crippen LogP contribution in [-0.4, -0.2) is 77.3 Å². The molecular weight excluding hydrogens is 685 g/mol. The Morgan fingerprint density at radius 3 is 2.50 bits per heavy atom. The number of carbonyl (C=O) groups excluding carboxylic acids is 3. The first-order valence-corrected chi connectivity index (χ1v) is 19.9. The van der Waals surface area contributed by atoms with Gasteiger partial charge in [0.25, 0.3) is 5.91 Å². The fourth-order valence-corrected chi connectivity index (χ4v) is 8.72. The quantitative estimate of drug-likeness (QED) is 0.316. The highest BCUT2D eigenvalue weighted by molar-refractivity contribution is 7.91. The van der Waals surface area contributed by atoms with Crippen LogP contribution in [0.15, 0.2) is 47.4 Å². The number of allylic oxidation sites excluding steroid dienone is 1. The standard InChI is InChI=1S/C21H31N3O5S.C17H19N3O2/c1-24-12-5-3-2-4-7-14-13-21(14,20(27)23-30(28,29)15-10-11-15)22-18(25)16-8-6-9-17(16)19(24)26;1-10(2)13-7-8-20(19-13)16-9-14(21)12-5-6-15(22-4)11(3)17(12)18-16/h4,7,14-17H,2-3,5-6,8-13H2,1H3,(H,22,25)(H,23,27);5-10H,1-4H3,(H,18,21)/b7-4-;/t14?,16-,17?,21-;/m1./s1. The molecule has 3 aliphatic carbocycles. The van der Waals surface area contributed by atoms with Crippen LogP contribution in [0.3, 0.4) is 0 Å². The first-order valence-electron chi connectivity index (χ1n) is 18.3. The molecule has 3 saturated carbocycles. The summed E-state index contributed by atoms with van der Waals surface area (Å²) >= 11 is 0. The average Bonchev–Trinajstić information content (AvgIpc) is 3.96. The predicted molar refractivity (Wildman–Crippen MR) is 198 cm³/mol. The van der Waals surface area contributed by atoms with Gasteiger partial charge in [0.05, 0.1) is 23.6 Å². The summed E-state index contributed by atoms with van der Waals surface area (Å²) in [5.41, 5.74) is 1.42. The molecule has 280 valence electrons. The van der Waals surface area contributed by atoms with Crippen molar-refractivity contribution in [3.63, 3.8) is 0 Å². The zero-order valence-corrected chi connectivity index (χ0v) is 31.4. The monoisotopic (exact) mass is 734 g/mol. The van der Waals surface area contributed by atoms with Crippen molar-refractivity contribution < 1.29 is 27.5 Å². The van der Waals surface area contributed by atoms with Crippen molar-refractivity contribution in [2.24, 2.45) is 17.8 Å². The van der Waals surface area contributed by atoms with Gasteiger partial charge in [0.2, 0.25) is 21.8 Å². The van der Waals surface area contributed by atoms with Crippen LogP contribution in [0.5, 0.6) is 5.75 Å². The van der Waals surface area contributed by atoms with Crippen molar-refractivity contribution in [1.29, 1.82) is 0 Å². The number of hydrogen-bond donors (Lipinski definition) is 3. The van der Waals surface area contributed by atoms with E-state index in [1.807, 2.05) is 37.4 Å². The number of amides is 3. The summed E-state index contributed by atoms with van der Waals surface area (Å²) in [5, 5.41) is 7.53. The van der Waals surface area contributed by atoms with E-state index in [4.69, 9.17) is 4.74 Å². The van der Waals surface area contributed by atoms with Crippen LogP contribution in [0, 0.1) is 24.7 Å². The van der Waals surface area contributed by atoms with Gasteiger partial charge in [0, 0.05) is 54.6 Å². The maximum atomic E-state index is 13.1. The molecule has 1 aliphatic heterocycles. The number of methoxy groups -OCH3 is 1. The van der Waals surface area contributed by atoms with Gasteiger partial charge in [-0.05, 0) is 82.4 Å². The van der Waals surface area contributed by atoms with Gasteiger partial charge in [0.1, 0.15) is 17.1 Å². The number of nitrogens with one attached hydrogen (secondary N) is 3. The summed E-state index contributed by atoms with van der Waals surface area (Å²) in [5.74, 6) is -0.299. The van der Waals surface area contributed by atoms with Crippen LogP contribution in [-0.2, 0) is 24.4 Å². The second-order valence-electron chi connectivity index (χ2n) is 14.9. The van der Waals surface area contributed by atoms with Crippen LogP contribution >= 0.6 is 0 Å². The molecule has 13 nitrogen and oxygen atoms in total. The molecule has 3 amide bonds. The third-order valence-electron chi connectivity index (χ3n) is 10.9. The summed E-state index contributed by atoms with van der Waals surface area (Å²) in [6.07, 6.45) is 12.0. The Morgan fingerprint density at radius 2 is 1.81 bits per heavy atom. The molecule has 14 heteroatoms. The van der Waals surface area contributed by atoms with Gasteiger partial charge >= 0.3 is 0 Å². The fraction of sp³-hybridized carbons (Fsp3) is 0.553. The van der Waals surface area contributed by atoms with E-state index in [1.54, 1.807) is 35.9 Å². The average molecular weight is 735 g/mol. The van der Waals surface area contributed by atoms with Gasteiger partial charge in [-0.2, -0.15) is 5.10 Å². The minimum absolute atomic E-state index is 0.0117. The number of H-pyrrole nitrogens is 1. The van der Waals surface area contributed by atoms with Crippen molar-refractivity contribution in [3.8, 4) is 11.6 Å². The van der Waals surface area contributed by atoms with Gasteiger partial charge in [-0.25, -0.2) is 13.1 Å². The van der Waals surface area contributed by atoms with E-state index in [-0.39, 0.29) is 29.1 Å². The van der Waals surface area contributed by atoms with Crippen molar-refractivity contribution in [3.05, 3.63) is 64.1 Å².